The minimum Gasteiger partial charge on any atom is -0.480 e. The highest BCUT2D eigenvalue weighted by atomic mass is 16.4. The Morgan fingerprint density at radius 2 is 1.81 bits per heavy atom. The first-order valence-corrected chi connectivity index (χ1v) is 4.38. The number of nitrogens with two attached hydrogens (primary N) is 1. The molecule has 16 heavy (non-hydrogen) atoms. The van der Waals surface area contributed by atoms with Gasteiger partial charge in [-0.15, -0.1) is 0 Å². The molecule has 0 bridgehead atoms. The smallest absolute Gasteiger partial charge is 0.338 e. The summed E-state index contributed by atoms with van der Waals surface area (Å²) in [6.07, 6.45) is -0.588. The monoisotopic (exact) mass is 228 g/mol. The van der Waals surface area contributed by atoms with E-state index in [2.05, 4.69) is 0 Å². The van der Waals surface area contributed by atoms with E-state index in [1.807, 2.05) is 0 Å². The Bertz CT molecular complexity index is 446. The van der Waals surface area contributed by atoms with Crippen molar-refractivity contribution in [1.29, 1.82) is 0 Å². The van der Waals surface area contributed by atoms with Gasteiger partial charge in [0, 0.05) is 6.42 Å². The van der Waals surface area contributed by atoms with Crippen LogP contribution in [0.15, 0.2) is 0 Å². The number of rotatable bonds is 2. The predicted octanol–water partition coefficient (Wildman–Crippen LogP) is -2.59. The molecule has 2 rings (SSSR count). The third kappa shape index (κ3) is 0.871. The van der Waals surface area contributed by atoms with Crippen molar-refractivity contribution >= 4 is 23.6 Å². The van der Waals surface area contributed by atoms with E-state index in [9.17, 15) is 19.2 Å². The van der Waals surface area contributed by atoms with Gasteiger partial charge in [0.2, 0.25) is 5.54 Å². The molecule has 4 N–H and O–H groups in total. The van der Waals surface area contributed by atoms with E-state index in [0.717, 1.165) is 0 Å². The maximum Gasteiger partial charge on any atom is 0.338 e. The highest BCUT2D eigenvalue weighted by Gasteiger charge is 2.74. The first-order chi connectivity index (χ1) is 7.25. The summed E-state index contributed by atoms with van der Waals surface area (Å²) in [6.45, 7) is -0.459. The highest BCUT2D eigenvalue weighted by Crippen LogP contribution is 2.42. The quantitative estimate of drug-likeness (QED) is 0.267. The number of Topliss-reactive ketones (excluding diaryl/α,β-unsaturated/α-hetero) is 1. The molecule has 2 saturated heterocycles. The highest BCUT2D eigenvalue weighted by molar-refractivity contribution is 6.51. The van der Waals surface area contributed by atoms with E-state index in [1.165, 1.54) is 0 Å². The second kappa shape index (κ2) is 2.59. The third-order valence-electron chi connectivity index (χ3n) is 3.07. The molecule has 0 saturated carbocycles. The Labute approximate surface area is 88.6 Å². The number of β-lactam (4-membered cyclic amide) rings is 1. The second-order valence-electron chi connectivity index (χ2n) is 4.02. The molecule has 2 aliphatic heterocycles. The molecule has 0 radical (unpaired) electrons. The molecule has 0 spiro atoms. The van der Waals surface area contributed by atoms with Crippen LogP contribution < -0.4 is 5.73 Å². The summed E-state index contributed by atoms with van der Waals surface area (Å²) in [4.78, 5) is 45.0. The number of amides is 1. The van der Waals surface area contributed by atoms with E-state index >= 15 is 0 Å². The Morgan fingerprint density at radius 1 is 1.25 bits per heavy atom. The van der Waals surface area contributed by atoms with Gasteiger partial charge in [0.1, 0.15) is 5.54 Å². The predicted molar refractivity (Wildman–Crippen MR) is 46.3 cm³/mol. The van der Waals surface area contributed by atoms with Crippen LogP contribution in [0, 0.1) is 0 Å². The van der Waals surface area contributed by atoms with E-state index in [1.54, 1.807) is 0 Å². The van der Waals surface area contributed by atoms with Gasteiger partial charge in [0.25, 0.3) is 11.7 Å². The fourth-order valence-corrected chi connectivity index (χ4v) is 2.15. The number of carboxylic acid groups (broad SMARTS) is 2. The van der Waals surface area contributed by atoms with Crippen LogP contribution in [0.5, 0.6) is 0 Å². The fourth-order valence-electron chi connectivity index (χ4n) is 2.15. The van der Waals surface area contributed by atoms with Crippen LogP contribution in [0.4, 0.5) is 0 Å². The van der Waals surface area contributed by atoms with Gasteiger partial charge < -0.3 is 20.8 Å². The van der Waals surface area contributed by atoms with Gasteiger partial charge in [-0.25, -0.2) is 4.79 Å². The van der Waals surface area contributed by atoms with Crippen molar-refractivity contribution in [2.75, 3.05) is 6.54 Å². The van der Waals surface area contributed by atoms with Crippen molar-refractivity contribution in [3.63, 3.8) is 0 Å². The second-order valence-corrected chi connectivity index (χ2v) is 4.02. The lowest BCUT2D eigenvalue weighted by atomic mass is 9.80. The number of carboxylic acids is 2. The Balaban J connectivity index is 2.45. The average molecular weight is 228 g/mol. The number of ketones is 1. The summed E-state index contributed by atoms with van der Waals surface area (Å²) in [5, 5.41) is 17.8. The molecule has 86 valence electrons. The van der Waals surface area contributed by atoms with E-state index in [4.69, 9.17) is 15.9 Å². The van der Waals surface area contributed by atoms with Gasteiger partial charge in [0.15, 0.2) is 0 Å². The lowest BCUT2D eigenvalue weighted by molar-refractivity contribution is -0.177. The van der Waals surface area contributed by atoms with Gasteiger partial charge in [-0.1, -0.05) is 0 Å². The minimum atomic E-state index is -2.07. The molecule has 2 heterocycles. The zero-order valence-corrected chi connectivity index (χ0v) is 7.97. The van der Waals surface area contributed by atoms with Crippen LogP contribution in [0.25, 0.3) is 0 Å². The van der Waals surface area contributed by atoms with Crippen LogP contribution in [-0.2, 0) is 19.2 Å². The number of aliphatic carboxylic acids is 2. The largest absolute Gasteiger partial charge is 0.480 e. The van der Waals surface area contributed by atoms with Crippen LogP contribution in [0.2, 0.25) is 0 Å². The molecule has 8 heteroatoms. The molecule has 0 unspecified atom stereocenters. The molecule has 0 aromatic heterocycles. The number of carbonyl (C=O) groups is 4. The Hall–Kier alpha value is -1.96. The molecule has 8 nitrogen and oxygen atoms in total. The lowest BCUT2D eigenvalue weighted by Crippen LogP contribution is -2.72. The first-order valence-electron chi connectivity index (χ1n) is 4.38. The van der Waals surface area contributed by atoms with Crippen LogP contribution in [0.1, 0.15) is 6.42 Å². The third-order valence-corrected chi connectivity index (χ3v) is 3.07. The summed E-state index contributed by atoms with van der Waals surface area (Å²) >= 11 is 0. The summed E-state index contributed by atoms with van der Waals surface area (Å²) in [6, 6.07) is 0. The van der Waals surface area contributed by atoms with Crippen molar-refractivity contribution < 1.29 is 29.4 Å². The number of hydrogen-bond acceptors (Lipinski definition) is 5. The summed E-state index contributed by atoms with van der Waals surface area (Å²) < 4.78 is 0. The first kappa shape index (κ1) is 10.6. The van der Waals surface area contributed by atoms with Crippen molar-refractivity contribution in [1.82, 2.24) is 4.90 Å². The molecule has 0 aromatic rings. The van der Waals surface area contributed by atoms with Crippen LogP contribution >= 0.6 is 0 Å². The van der Waals surface area contributed by atoms with Gasteiger partial charge in [0.05, 0.1) is 6.54 Å². The van der Waals surface area contributed by atoms with Crippen LogP contribution in [0.3, 0.4) is 0 Å². The number of nitrogens with zero attached hydrogens (tertiary/aromatic N) is 1. The summed E-state index contributed by atoms with van der Waals surface area (Å²) in [5.41, 5.74) is 1.52. The molecule has 2 aliphatic rings. The standard InChI is InChI=1S/C8H8N2O6/c9-7(5(13)14)1-8(6(15)16)3(11)4(12)10(8)2-7/h1-2,9H2,(H,13,14)(H,15,16)/t7-,8+/m0/s1. The number of fused-ring (bicyclic) bond motifs is 1. The maximum absolute atomic E-state index is 11.3. The molecular weight excluding hydrogens is 220 g/mol. The molecule has 0 aliphatic carbocycles. The van der Waals surface area contributed by atoms with E-state index in [-0.39, 0.29) is 0 Å². The van der Waals surface area contributed by atoms with Crippen molar-refractivity contribution in [3.8, 4) is 0 Å². The minimum absolute atomic E-state index is 0.459. The van der Waals surface area contributed by atoms with Crippen LogP contribution in [-0.4, -0.2) is 56.4 Å². The van der Waals surface area contributed by atoms with Gasteiger partial charge >= 0.3 is 11.9 Å². The number of hydrogen-bond donors (Lipinski definition) is 3. The lowest BCUT2D eigenvalue weighted by Gasteiger charge is -2.40. The molecule has 1 amide bonds. The van der Waals surface area contributed by atoms with E-state index in [0.29, 0.717) is 4.90 Å². The van der Waals surface area contributed by atoms with Gasteiger partial charge in [-0.05, 0) is 0 Å². The van der Waals surface area contributed by atoms with Gasteiger partial charge in [-0.3, -0.25) is 14.4 Å². The van der Waals surface area contributed by atoms with Crippen molar-refractivity contribution in [2.45, 2.75) is 17.5 Å². The van der Waals surface area contributed by atoms with E-state index < -0.39 is 47.7 Å². The molecular formula is C8H8N2O6. The van der Waals surface area contributed by atoms with Crippen molar-refractivity contribution in [3.05, 3.63) is 0 Å². The zero-order chi connectivity index (χ0) is 12.3. The topological polar surface area (TPSA) is 138 Å². The normalized spacial score (nSPS) is 36.9. The maximum atomic E-state index is 11.3. The Morgan fingerprint density at radius 3 is 2.19 bits per heavy atom. The zero-order valence-electron chi connectivity index (χ0n) is 7.97. The Kier molecular flexibility index (Phi) is 1.71. The molecule has 2 atom stereocenters. The summed E-state index contributed by atoms with van der Waals surface area (Å²) in [7, 11) is 0. The fraction of sp³-hybridized carbons (Fsp3) is 0.500. The van der Waals surface area contributed by atoms with Gasteiger partial charge in [-0.2, -0.15) is 0 Å². The number of carbonyl (C=O) groups excluding carboxylic acids is 2. The van der Waals surface area contributed by atoms with Crippen molar-refractivity contribution in [2.24, 2.45) is 5.73 Å². The molecule has 2 fully saturated rings. The molecule has 0 aromatic carbocycles. The SMILES string of the molecule is N[C@]1(C(=O)O)CN2C(=O)C(=O)[C@@]2(C(=O)O)C1. The average Bonchev–Trinajstić information content (AvgIpc) is 2.50. The summed E-state index contributed by atoms with van der Waals surface area (Å²) in [5.74, 6) is -5.06.